The summed E-state index contributed by atoms with van der Waals surface area (Å²) in [5, 5.41) is 17.6. The lowest BCUT2D eigenvalue weighted by atomic mass is 10.0. The SMILES string of the molecule is NC(=O)CCC(NC(=O)CNC(=O)C(N)CS)C(=O)NC(Cc1c[nH]c2ccccc12)C(=O)O. The van der Waals surface area contributed by atoms with Crippen LogP contribution >= 0.6 is 12.6 Å². The van der Waals surface area contributed by atoms with E-state index in [-0.39, 0.29) is 25.0 Å². The van der Waals surface area contributed by atoms with Gasteiger partial charge in [-0.25, -0.2) is 4.79 Å². The Balaban J connectivity index is 2.07. The third-order valence-electron chi connectivity index (χ3n) is 5.00. The maximum absolute atomic E-state index is 12.8. The highest BCUT2D eigenvalue weighted by molar-refractivity contribution is 7.80. The predicted octanol–water partition coefficient (Wildman–Crippen LogP) is -1.60. The molecule has 0 aliphatic heterocycles. The van der Waals surface area contributed by atoms with E-state index in [9.17, 15) is 29.1 Å². The molecule has 9 N–H and O–H groups in total. The number of amides is 4. The van der Waals surface area contributed by atoms with Crippen LogP contribution in [0, 0.1) is 0 Å². The first-order valence-electron chi connectivity index (χ1n) is 10.4. The molecule has 1 aromatic heterocycles. The largest absolute Gasteiger partial charge is 0.480 e. The zero-order chi connectivity index (χ0) is 25.3. The molecule has 1 heterocycles. The van der Waals surface area contributed by atoms with Crippen molar-refractivity contribution < 1.29 is 29.1 Å². The Morgan fingerprint density at radius 2 is 1.76 bits per heavy atom. The second-order valence-electron chi connectivity index (χ2n) is 7.59. The van der Waals surface area contributed by atoms with Crippen LogP contribution in [0.25, 0.3) is 10.9 Å². The van der Waals surface area contributed by atoms with Crippen molar-refractivity contribution >= 4 is 53.1 Å². The van der Waals surface area contributed by atoms with Crippen molar-refractivity contribution in [3.8, 4) is 0 Å². The molecule has 34 heavy (non-hydrogen) atoms. The summed E-state index contributed by atoms with van der Waals surface area (Å²) < 4.78 is 0. The van der Waals surface area contributed by atoms with Crippen LogP contribution < -0.4 is 27.4 Å². The normalized spacial score (nSPS) is 13.5. The van der Waals surface area contributed by atoms with Gasteiger partial charge in [-0.2, -0.15) is 12.6 Å². The molecule has 0 bridgehead atoms. The number of aliphatic carboxylic acids is 1. The van der Waals surface area contributed by atoms with Crippen molar-refractivity contribution in [3.05, 3.63) is 36.0 Å². The van der Waals surface area contributed by atoms with Crippen molar-refractivity contribution in [1.82, 2.24) is 20.9 Å². The average molecular weight is 493 g/mol. The van der Waals surface area contributed by atoms with E-state index >= 15 is 0 Å². The number of aromatic amines is 1. The minimum absolute atomic E-state index is 0.0146. The smallest absolute Gasteiger partial charge is 0.326 e. The van der Waals surface area contributed by atoms with Gasteiger partial charge in [0.15, 0.2) is 0 Å². The molecule has 1 aromatic carbocycles. The number of thiol groups is 1. The van der Waals surface area contributed by atoms with Gasteiger partial charge in [0.25, 0.3) is 0 Å². The second kappa shape index (κ2) is 12.6. The van der Waals surface area contributed by atoms with Gasteiger partial charge >= 0.3 is 5.97 Å². The minimum atomic E-state index is -1.30. The number of rotatable bonds is 13. The molecule has 0 saturated heterocycles. The highest BCUT2D eigenvalue weighted by Crippen LogP contribution is 2.19. The Bertz CT molecular complexity index is 1060. The fourth-order valence-electron chi connectivity index (χ4n) is 3.17. The molecule has 0 radical (unpaired) electrons. The molecule has 3 unspecified atom stereocenters. The Morgan fingerprint density at radius 1 is 1.06 bits per heavy atom. The quantitative estimate of drug-likeness (QED) is 0.153. The molecule has 0 aliphatic rings. The summed E-state index contributed by atoms with van der Waals surface area (Å²) in [5.41, 5.74) is 12.2. The predicted molar refractivity (Wildman–Crippen MR) is 127 cm³/mol. The first-order chi connectivity index (χ1) is 16.1. The number of H-pyrrole nitrogens is 1. The Kier molecular flexibility index (Phi) is 9.89. The van der Waals surface area contributed by atoms with E-state index in [0.29, 0.717) is 5.56 Å². The number of primary amides is 1. The molecule has 12 nitrogen and oxygen atoms in total. The number of carbonyl (C=O) groups is 5. The van der Waals surface area contributed by atoms with E-state index in [0.717, 1.165) is 10.9 Å². The van der Waals surface area contributed by atoms with Gasteiger partial charge in [-0.05, 0) is 18.1 Å². The monoisotopic (exact) mass is 492 g/mol. The average Bonchev–Trinajstić information content (AvgIpc) is 3.21. The minimum Gasteiger partial charge on any atom is -0.480 e. The third kappa shape index (κ3) is 7.78. The number of aromatic nitrogens is 1. The topological polar surface area (TPSA) is 209 Å². The molecule has 3 atom stereocenters. The maximum Gasteiger partial charge on any atom is 0.326 e. The van der Waals surface area contributed by atoms with Crippen LogP contribution in [0.3, 0.4) is 0 Å². The summed E-state index contributed by atoms with van der Waals surface area (Å²) in [4.78, 5) is 62.8. The van der Waals surface area contributed by atoms with E-state index < -0.39 is 54.3 Å². The van der Waals surface area contributed by atoms with Gasteiger partial charge in [-0.1, -0.05) is 18.2 Å². The summed E-state index contributed by atoms with van der Waals surface area (Å²) in [7, 11) is 0. The van der Waals surface area contributed by atoms with Crippen molar-refractivity contribution in [2.75, 3.05) is 12.3 Å². The molecular formula is C21H28N6O6S. The fourth-order valence-corrected chi connectivity index (χ4v) is 3.34. The molecule has 0 aliphatic carbocycles. The van der Waals surface area contributed by atoms with Gasteiger partial charge in [0.2, 0.25) is 23.6 Å². The van der Waals surface area contributed by atoms with Crippen LogP contribution in [-0.2, 0) is 30.4 Å². The van der Waals surface area contributed by atoms with Gasteiger partial charge in [-0.3, -0.25) is 19.2 Å². The maximum atomic E-state index is 12.8. The molecule has 0 spiro atoms. The van der Waals surface area contributed by atoms with E-state index in [4.69, 9.17) is 11.5 Å². The fraction of sp³-hybridized carbons (Fsp3) is 0.381. The first kappa shape index (κ1) is 26.7. The molecule has 13 heteroatoms. The van der Waals surface area contributed by atoms with E-state index in [1.807, 2.05) is 24.3 Å². The number of fused-ring (bicyclic) bond motifs is 1. The number of para-hydroxylation sites is 1. The van der Waals surface area contributed by atoms with E-state index in [2.05, 4.69) is 33.6 Å². The summed E-state index contributed by atoms with van der Waals surface area (Å²) in [5.74, 6) is -4.04. The number of nitrogens with one attached hydrogen (secondary N) is 4. The van der Waals surface area contributed by atoms with Gasteiger partial charge in [0.05, 0.1) is 12.6 Å². The number of carboxylic acids is 1. The number of hydrogen-bond donors (Lipinski definition) is 8. The summed E-state index contributed by atoms with van der Waals surface area (Å²) in [6.45, 7) is -0.474. The number of hydrogen-bond acceptors (Lipinski definition) is 7. The van der Waals surface area contributed by atoms with Gasteiger partial charge in [0, 0.05) is 35.7 Å². The molecule has 2 rings (SSSR count). The second-order valence-corrected chi connectivity index (χ2v) is 7.96. The van der Waals surface area contributed by atoms with Crippen molar-refractivity contribution in [1.29, 1.82) is 0 Å². The molecule has 0 saturated carbocycles. The summed E-state index contributed by atoms with van der Waals surface area (Å²) in [6, 6.07) is 3.85. The number of carboxylic acid groups (broad SMARTS) is 1. The highest BCUT2D eigenvalue weighted by atomic mass is 32.1. The van der Waals surface area contributed by atoms with Crippen LogP contribution in [0.4, 0.5) is 0 Å². The van der Waals surface area contributed by atoms with E-state index in [1.54, 1.807) is 6.20 Å². The first-order valence-corrected chi connectivity index (χ1v) is 11.1. The highest BCUT2D eigenvalue weighted by Gasteiger charge is 2.28. The van der Waals surface area contributed by atoms with Crippen LogP contribution in [0.2, 0.25) is 0 Å². The lowest BCUT2D eigenvalue weighted by Gasteiger charge is -2.21. The zero-order valence-electron chi connectivity index (χ0n) is 18.2. The lowest BCUT2D eigenvalue weighted by Crippen LogP contribution is -2.54. The van der Waals surface area contributed by atoms with Crippen molar-refractivity contribution in [3.63, 3.8) is 0 Å². The standard InChI is InChI=1S/C21H28N6O6S/c22-13(10-34)19(30)25-9-18(29)26-15(5-6-17(23)28)20(31)27-16(21(32)33)7-11-8-24-14-4-2-1-3-12(11)14/h1-4,8,13,15-16,24,34H,5-7,9-10,22H2,(H2,23,28)(H,25,30)(H,26,29)(H,27,31)(H,32,33). The zero-order valence-corrected chi connectivity index (χ0v) is 19.1. The molecule has 184 valence electrons. The molecule has 2 aromatic rings. The van der Waals surface area contributed by atoms with Crippen LogP contribution in [0.5, 0.6) is 0 Å². The number of benzene rings is 1. The Hall–Kier alpha value is -3.58. The molecule has 4 amide bonds. The van der Waals surface area contributed by atoms with Crippen molar-refractivity contribution in [2.45, 2.75) is 37.4 Å². The van der Waals surface area contributed by atoms with Gasteiger partial charge in [0.1, 0.15) is 12.1 Å². The lowest BCUT2D eigenvalue weighted by molar-refractivity contribution is -0.142. The third-order valence-corrected chi connectivity index (χ3v) is 5.39. The van der Waals surface area contributed by atoms with Crippen LogP contribution in [-0.4, -0.2) is 70.1 Å². The Labute approximate surface area is 200 Å². The molecule has 0 fully saturated rings. The van der Waals surface area contributed by atoms with Crippen molar-refractivity contribution in [2.24, 2.45) is 11.5 Å². The van der Waals surface area contributed by atoms with E-state index in [1.165, 1.54) is 0 Å². The number of carbonyl (C=O) groups excluding carboxylic acids is 4. The van der Waals surface area contributed by atoms with Gasteiger partial charge < -0.3 is 37.5 Å². The molecular weight excluding hydrogens is 464 g/mol. The van der Waals surface area contributed by atoms with Crippen LogP contribution in [0.1, 0.15) is 18.4 Å². The number of nitrogens with two attached hydrogens (primary N) is 2. The summed E-state index contributed by atoms with van der Waals surface area (Å²) in [6.07, 6.45) is 1.27. The van der Waals surface area contributed by atoms with Gasteiger partial charge in [-0.15, -0.1) is 0 Å². The summed E-state index contributed by atoms with van der Waals surface area (Å²) >= 11 is 3.90. The Morgan fingerprint density at radius 3 is 2.41 bits per heavy atom. The van der Waals surface area contributed by atoms with Crippen LogP contribution in [0.15, 0.2) is 30.5 Å².